The molecule has 1 fully saturated rings. The van der Waals surface area contributed by atoms with E-state index in [4.69, 9.17) is 4.74 Å². The number of hydrogen-bond acceptors (Lipinski definition) is 3. The van der Waals surface area contributed by atoms with E-state index in [0.717, 1.165) is 54.9 Å². The van der Waals surface area contributed by atoms with Crippen molar-refractivity contribution in [3.63, 3.8) is 0 Å². The zero-order valence-electron chi connectivity index (χ0n) is 18.9. The van der Waals surface area contributed by atoms with Crippen LogP contribution < -0.4 is 0 Å². The fourth-order valence-electron chi connectivity index (χ4n) is 4.51. The molecule has 0 aromatic heterocycles. The summed E-state index contributed by atoms with van der Waals surface area (Å²) in [5.41, 5.74) is 3.33. The summed E-state index contributed by atoms with van der Waals surface area (Å²) < 4.78 is 6.84. The van der Waals surface area contributed by atoms with Crippen molar-refractivity contribution in [3.05, 3.63) is 108 Å². The molecule has 4 nitrogen and oxygen atoms in total. The van der Waals surface area contributed by atoms with Crippen molar-refractivity contribution >= 4 is 5.97 Å². The van der Waals surface area contributed by atoms with Crippen molar-refractivity contribution in [3.8, 4) is 0 Å². The van der Waals surface area contributed by atoms with Crippen molar-refractivity contribution in [1.29, 1.82) is 0 Å². The van der Waals surface area contributed by atoms with E-state index >= 15 is 0 Å². The minimum Gasteiger partial charge on any atom is -0.464 e. The maximum Gasteiger partial charge on any atom is 0.317 e. The van der Waals surface area contributed by atoms with Gasteiger partial charge >= 0.3 is 5.97 Å². The summed E-state index contributed by atoms with van der Waals surface area (Å²) in [6, 6.07) is 30.5. The maximum absolute atomic E-state index is 13.0. The van der Waals surface area contributed by atoms with Gasteiger partial charge in [0.1, 0.15) is 19.1 Å². The minimum absolute atomic E-state index is 0.177. The molecule has 0 amide bonds. The molecule has 0 radical (unpaired) electrons. The van der Waals surface area contributed by atoms with E-state index in [0.29, 0.717) is 6.61 Å². The number of carbonyl (C=O) groups excluding carboxylic acids is 1. The summed E-state index contributed by atoms with van der Waals surface area (Å²) in [5, 5.41) is 0. The Morgan fingerprint density at radius 3 is 1.88 bits per heavy atom. The molecule has 1 aliphatic rings. The molecule has 0 atom stereocenters. The number of esters is 1. The summed E-state index contributed by atoms with van der Waals surface area (Å²) in [4.78, 5) is 15.5. The molecular formula is C28H33N2O2+. The van der Waals surface area contributed by atoms with Gasteiger partial charge in [-0.05, 0) is 11.1 Å². The van der Waals surface area contributed by atoms with Crippen LogP contribution in [0.15, 0.2) is 91.0 Å². The second-order valence-electron chi connectivity index (χ2n) is 8.97. The first kappa shape index (κ1) is 22.3. The van der Waals surface area contributed by atoms with E-state index in [2.05, 4.69) is 42.3 Å². The number of ether oxygens (including phenoxy) is 1. The number of nitrogens with zero attached hydrogens (tertiary/aromatic N) is 2. The Kier molecular flexibility index (Phi) is 7.35. The molecule has 0 unspecified atom stereocenters. The van der Waals surface area contributed by atoms with Gasteiger partial charge in [0.15, 0.2) is 0 Å². The normalized spacial score (nSPS) is 16.1. The SMILES string of the molecule is C[N+]1(Cc2ccccc2)CCN(CCOC(=O)C(c2ccccc2)c2ccccc2)CC1. The second-order valence-corrected chi connectivity index (χ2v) is 8.97. The lowest BCUT2D eigenvalue weighted by molar-refractivity contribution is -0.926. The first-order chi connectivity index (χ1) is 15.6. The van der Waals surface area contributed by atoms with Crippen LogP contribution in [0.3, 0.4) is 0 Å². The highest BCUT2D eigenvalue weighted by Crippen LogP contribution is 2.26. The van der Waals surface area contributed by atoms with Crippen molar-refractivity contribution in [2.45, 2.75) is 12.5 Å². The van der Waals surface area contributed by atoms with Gasteiger partial charge in [-0.2, -0.15) is 0 Å². The van der Waals surface area contributed by atoms with Gasteiger partial charge in [0, 0.05) is 25.2 Å². The third-order valence-corrected chi connectivity index (χ3v) is 6.47. The number of likely N-dealkylation sites (N-methyl/N-ethyl adjacent to an activating group) is 1. The van der Waals surface area contributed by atoms with Crippen LogP contribution in [0, 0.1) is 0 Å². The molecule has 3 aromatic carbocycles. The van der Waals surface area contributed by atoms with Crippen LogP contribution in [0.5, 0.6) is 0 Å². The summed E-state index contributed by atoms with van der Waals surface area (Å²) >= 11 is 0. The van der Waals surface area contributed by atoms with Gasteiger partial charge in [-0.15, -0.1) is 0 Å². The summed E-state index contributed by atoms with van der Waals surface area (Å²) in [7, 11) is 2.34. The van der Waals surface area contributed by atoms with Crippen LogP contribution in [0.4, 0.5) is 0 Å². The number of carbonyl (C=O) groups is 1. The van der Waals surface area contributed by atoms with Crippen LogP contribution >= 0.6 is 0 Å². The molecular weight excluding hydrogens is 396 g/mol. The Morgan fingerprint density at radius 1 is 0.844 bits per heavy atom. The fraction of sp³-hybridized carbons (Fsp3) is 0.321. The molecule has 32 heavy (non-hydrogen) atoms. The maximum atomic E-state index is 13.0. The number of quaternary nitrogens is 1. The molecule has 4 rings (SSSR count). The Labute approximate surface area is 191 Å². The highest BCUT2D eigenvalue weighted by molar-refractivity contribution is 5.82. The molecule has 1 aliphatic heterocycles. The standard InChI is InChI=1S/C28H33N2O2/c1-30(23-24-11-5-2-6-12-24)20-17-29(18-21-30)19-22-32-28(31)27(25-13-7-3-8-14-25)26-15-9-4-10-16-26/h2-16,27H,17-23H2,1H3/q+1. The smallest absolute Gasteiger partial charge is 0.317 e. The van der Waals surface area contributed by atoms with Crippen LogP contribution in [0.2, 0.25) is 0 Å². The molecule has 0 saturated carbocycles. The molecule has 4 heteroatoms. The average Bonchev–Trinajstić information content (AvgIpc) is 2.83. The molecule has 1 heterocycles. The lowest BCUT2D eigenvalue weighted by Gasteiger charge is -2.42. The second kappa shape index (κ2) is 10.6. The molecule has 0 spiro atoms. The van der Waals surface area contributed by atoms with Gasteiger partial charge in [-0.1, -0.05) is 91.0 Å². The van der Waals surface area contributed by atoms with Crippen LogP contribution in [0.25, 0.3) is 0 Å². The topological polar surface area (TPSA) is 29.5 Å². The number of piperazine rings is 1. The summed E-state index contributed by atoms with van der Waals surface area (Å²) in [6.45, 7) is 6.56. The lowest BCUT2D eigenvalue weighted by atomic mass is 9.91. The molecule has 166 valence electrons. The zero-order valence-corrected chi connectivity index (χ0v) is 18.9. The number of benzene rings is 3. The predicted octanol–water partition coefficient (Wildman–Crippen LogP) is 4.32. The zero-order chi connectivity index (χ0) is 22.2. The van der Waals surface area contributed by atoms with Gasteiger partial charge in [0.05, 0.1) is 20.1 Å². The Balaban J connectivity index is 1.29. The van der Waals surface area contributed by atoms with Gasteiger partial charge in [0.2, 0.25) is 0 Å². The first-order valence-corrected chi connectivity index (χ1v) is 11.5. The molecule has 3 aromatic rings. The largest absolute Gasteiger partial charge is 0.464 e. The van der Waals surface area contributed by atoms with Gasteiger partial charge in [-0.3, -0.25) is 9.69 Å². The molecule has 0 bridgehead atoms. The monoisotopic (exact) mass is 429 g/mol. The lowest BCUT2D eigenvalue weighted by Crippen LogP contribution is -2.57. The molecule has 0 N–H and O–H groups in total. The van der Waals surface area contributed by atoms with Crippen LogP contribution in [-0.4, -0.2) is 61.7 Å². The fourth-order valence-corrected chi connectivity index (χ4v) is 4.51. The first-order valence-electron chi connectivity index (χ1n) is 11.5. The predicted molar refractivity (Wildman–Crippen MR) is 128 cm³/mol. The van der Waals surface area contributed by atoms with E-state index in [1.54, 1.807) is 0 Å². The molecule has 0 aliphatic carbocycles. The van der Waals surface area contributed by atoms with E-state index in [-0.39, 0.29) is 11.9 Å². The van der Waals surface area contributed by atoms with E-state index in [9.17, 15) is 4.79 Å². The van der Waals surface area contributed by atoms with Gasteiger partial charge in [-0.25, -0.2) is 0 Å². The van der Waals surface area contributed by atoms with Crippen LogP contribution in [0.1, 0.15) is 22.6 Å². The number of rotatable bonds is 8. The summed E-state index contributed by atoms with van der Waals surface area (Å²) in [6.07, 6.45) is 0. The van der Waals surface area contributed by atoms with E-state index in [1.807, 2.05) is 60.7 Å². The van der Waals surface area contributed by atoms with Crippen molar-refractivity contribution < 1.29 is 14.0 Å². The van der Waals surface area contributed by atoms with Gasteiger partial charge in [0.25, 0.3) is 0 Å². The highest BCUT2D eigenvalue weighted by Gasteiger charge is 2.29. The number of hydrogen-bond donors (Lipinski definition) is 0. The van der Waals surface area contributed by atoms with Crippen molar-refractivity contribution in [2.24, 2.45) is 0 Å². The Bertz CT molecular complexity index is 929. The minimum atomic E-state index is -0.385. The van der Waals surface area contributed by atoms with Crippen molar-refractivity contribution in [1.82, 2.24) is 4.90 Å². The summed E-state index contributed by atoms with van der Waals surface area (Å²) in [5.74, 6) is -0.561. The molecule has 1 saturated heterocycles. The third kappa shape index (κ3) is 5.84. The highest BCUT2D eigenvalue weighted by atomic mass is 16.5. The average molecular weight is 430 g/mol. The Morgan fingerprint density at radius 2 is 1.34 bits per heavy atom. The van der Waals surface area contributed by atoms with Crippen molar-refractivity contribution in [2.75, 3.05) is 46.4 Å². The third-order valence-electron chi connectivity index (χ3n) is 6.47. The van der Waals surface area contributed by atoms with Gasteiger partial charge < -0.3 is 9.22 Å². The Hall–Kier alpha value is -2.95. The van der Waals surface area contributed by atoms with Crippen LogP contribution in [-0.2, 0) is 16.1 Å². The van der Waals surface area contributed by atoms with E-state index in [1.165, 1.54) is 5.56 Å². The quantitative estimate of drug-likeness (QED) is 0.394. The van der Waals surface area contributed by atoms with E-state index < -0.39 is 0 Å².